The van der Waals surface area contributed by atoms with Gasteiger partial charge >= 0.3 is 0 Å². The average Bonchev–Trinajstić information content (AvgIpc) is 2.96. The van der Waals surface area contributed by atoms with Crippen LogP contribution < -0.4 is 9.62 Å². The Bertz CT molecular complexity index is 1400. The van der Waals surface area contributed by atoms with Crippen LogP contribution in [0.3, 0.4) is 0 Å². The van der Waals surface area contributed by atoms with Crippen LogP contribution in [0.15, 0.2) is 72.8 Å². The summed E-state index contributed by atoms with van der Waals surface area (Å²) in [6.07, 6.45) is 1.66. The highest BCUT2D eigenvalue weighted by Gasteiger charge is 2.21. The van der Waals surface area contributed by atoms with Crippen molar-refractivity contribution in [2.75, 3.05) is 10.7 Å². The number of rotatable bonds is 11. The number of ketones is 1. The predicted molar refractivity (Wildman–Crippen MR) is 165 cm³/mol. The molecule has 1 heterocycles. The third-order valence-electron chi connectivity index (χ3n) is 6.43. The smallest absolute Gasteiger partial charge is 0.260 e. The van der Waals surface area contributed by atoms with Crippen molar-refractivity contribution in [3.63, 3.8) is 0 Å². The second-order valence-corrected chi connectivity index (χ2v) is 12.2. The van der Waals surface area contributed by atoms with E-state index >= 15 is 0 Å². The van der Waals surface area contributed by atoms with E-state index in [4.69, 9.17) is 0 Å². The first kappa shape index (κ1) is 28.9. The van der Waals surface area contributed by atoms with Crippen LogP contribution in [0.1, 0.15) is 70.5 Å². The van der Waals surface area contributed by atoms with Crippen molar-refractivity contribution < 1.29 is 14.4 Å². The van der Waals surface area contributed by atoms with Crippen molar-refractivity contribution in [2.24, 2.45) is 0 Å². The number of benzene rings is 3. The Kier molecular flexibility index (Phi) is 10.6. The number of amides is 2. The molecule has 0 spiro atoms. The zero-order chi connectivity index (χ0) is 27.6. The van der Waals surface area contributed by atoms with Gasteiger partial charge in [0, 0.05) is 47.0 Å². The van der Waals surface area contributed by atoms with E-state index in [1.807, 2.05) is 60.7 Å². The number of thiol groups is 1. The third-order valence-corrected chi connectivity index (χ3v) is 9.56. The molecule has 0 saturated heterocycles. The summed E-state index contributed by atoms with van der Waals surface area (Å²) in [5, 5.41) is 0.256. The number of fused-ring (bicyclic) bond motifs is 2. The Morgan fingerprint density at radius 2 is 1.62 bits per heavy atom. The van der Waals surface area contributed by atoms with Crippen LogP contribution in [-0.4, -0.2) is 23.4 Å². The molecular formula is C31H30N2O3S3. The molecule has 0 saturated carbocycles. The number of hydrogen-bond donors (Lipinski definition) is 2. The Morgan fingerprint density at radius 3 is 2.38 bits per heavy atom. The molecule has 1 unspecified atom stereocenters. The van der Waals surface area contributed by atoms with Gasteiger partial charge < -0.3 is 4.90 Å². The summed E-state index contributed by atoms with van der Waals surface area (Å²) in [7, 11) is 3.48. The van der Waals surface area contributed by atoms with Gasteiger partial charge in [0.05, 0.1) is 12.2 Å². The molecule has 200 valence electrons. The van der Waals surface area contributed by atoms with Gasteiger partial charge in [-0.25, -0.2) is 0 Å². The fraction of sp³-hybridized carbons (Fsp3) is 0.258. The molecule has 39 heavy (non-hydrogen) atoms. The molecule has 0 bridgehead atoms. The molecular weight excluding hydrogens is 545 g/mol. The summed E-state index contributed by atoms with van der Waals surface area (Å²) in [6, 6.07) is 23.0. The van der Waals surface area contributed by atoms with Crippen molar-refractivity contribution in [3.8, 4) is 11.8 Å². The highest BCUT2D eigenvalue weighted by molar-refractivity contribution is 8.76. The molecule has 1 aliphatic heterocycles. The third kappa shape index (κ3) is 7.95. The van der Waals surface area contributed by atoms with Gasteiger partial charge in [-0.1, -0.05) is 88.7 Å². The lowest BCUT2D eigenvalue weighted by Crippen LogP contribution is -2.32. The molecule has 1 N–H and O–H groups in total. The lowest BCUT2D eigenvalue weighted by molar-refractivity contribution is -0.124. The minimum Gasteiger partial charge on any atom is -0.307 e. The van der Waals surface area contributed by atoms with E-state index in [0.29, 0.717) is 18.5 Å². The Hall–Kier alpha value is -3.12. The van der Waals surface area contributed by atoms with Gasteiger partial charge in [0.2, 0.25) is 5.91 Å². The van der Waals surface area contributed by atoms with E-state index in [0.717, 1.165) is 40.1 Å². The molecule has 3 aromatic carbocycles. The fourth-order valence-corrected chi connectivity index (χ4v) is 6.77. The number of nitrogens with one attached hydrogen (secondary N) is 1. The molecule has 8 heteroatoms. The second kappa shape index (κ2) is 14.3. The van der Waals surface area contributed by atoms with Crippen molar-refractivity contribution in [1.82, 2.24) is 4.72 Å². The van der Waals surface area contributed by atoms with E-state index in [2.05, 4.69) is 36.3 Å². The first-order valence-electron chi connectivity index (χ1n) is 12.8. The minimum absolute atomic E-state index is 0.0640. The number of hydrogen-bond acceptors (Lipinski definition) is 6. The fourth-order valence-electron chi connectivity index (χ4n) is 4.22. The number of carbonyl (C=O) groups excluding carboxylic acids is 3. The standard InChI is InChI=1S/C31H30N2O3S3/c1-22(23-12-16-26(17-13-23)31(36)32-37)39-38-20-6-10-28(34)18-19-30(35)33-21-27-9-3-2-7-24(27)14-15-25-8-4-5-11-29(25)33/h2-5,7-9,11-13,16-17,22,37H,6,10,18-21H2,1H3,(H,32,36). The van der Waals surface area contributed by atoms with Crippen molar-refractivity contribution in [3.05, 3.63) is 101 Å². The van der Waals surface area contributed by atoms with Crippen molar-refractivity contribution in [2.45, 2.75) is 44.4 Å². The van der Waals surface area contributed by atoms with Crippen LogP contribution in [-0.2, 0) is 16.1 Å². The van der Waals surface area contributed by atoms with Gasteiger partial charge in [0.25, 0.3) is 5.91 Å². The Balaban J connectivity index is 1.22. The number of nitrogens with zero attached hydrogens (tertiary/aromatic N) is 1. The van der Waals surface area contributed by atoms with Crippen LogP contribution in [0, 0.1) is 11.8 Å². The molecule has 0 aromatic heterocycles. The highest BCUT2D eigenvalue weighted by atomic mass is 33.1. The van der Waals surface area contributed by atoms with Gasteiger partial charge in [-0.3, -0.25) is 19.1 Å². The first-order valence-corrected chi connectivity index (χ1v) is 15.6. The zero-order valence-electron chi connectivity index (χ0n) is 21.7. The van der Waals surface area contributed by atoms with Gasteiger partial charge in [-0.2, -0.15) is 0 Å². The van der Waals surface area contributed by atoms with Crippen LogP contribution in [0.4, 0.5) is 5.69 Å². The van der Waals surface area contributed by atoms with Gasteiger partial charge in [-0.05, 0) is 54.8 Å². The van der Waals surface area contributed by atoms with Crippen molar-refractivity contribution >= 4 is 57.7 Å². The number of anilines is 1. The van der Waals surface area contributed by atoms with Crippen LogP contribution in [0.25, 0.3) is 0 Å². The Labute approximate surface area is 243 Å². The monoisotopic (exact) mass is 574 g/mol. The lowest BCUT2D eigenvalue weighted by atomic mass is 10.0. The summed E-state index contributed by atoms with van der Waals surface area (Å²) in [5.41, 5.74) is 5.24. The largest absolute Gasteiger partial charge is 0.307 e. The topological polar surface area (TPSA) is 66.5 Å². The molecule has 1 atom stereocenters. The summed E-state index contributed by atoms with van der Waals surface area (Å²) in [5.74, 6) is 7.10. The van der Waals surface area contributed by atoms with E-state index in [1.54, 1.807) is 38.6 Å². The Morgan fingerprint density at radius 1 is 0.923 bits per heavy atom. The molecule has 1 aliphatic rings. The number of Topliss-reactive ketones (excluding diaryl/α,β-unsaturated/α-hetero) is 1. The SMILES string of the molecule is CC(SSCCCC(=O)CCC(=O)N1Cc2ccccc2C#Cc2ccccc21)c1ccc(C(=O)NS)cc1. The second-order valence-electron chi connectivity index (χ2n) is 9.17. The summed E-state index contributed by atoms with van der Waals surface area (Å²) in [6.45, 7) is 2.56. The van der Waals surface area contributed by atoms with E-state index in [1.165, 1.54) is 0 Å². The van der Waals surface area contributed by atoms with E-state index in [-0.39, 0.29) is 35.7 Å². The van der Waals surface area contributed by atoms with Crippen LogP contribution >= 0.6 is 34.4 Å². The maximum absolute atomic E-state index is 13.3. The molecule has 5 nitrogen and oxygen atoms in total. The summed E-state index contributed by atoms with van der Waals surface area (Å²) < 4.78 is 2.32. The minimum atomic E-state index is -0.225. The highest BCUT2D eigenvalue weighted by Crippen LogP contribution is 2.38. The molecule has 0 radical (unpaired) electrons. The number of para-hydroxylation sites is 1. The molecule has 3 aromatic rings. The maximum atomic E-state index is 13.3. The molecule has 2 amide bonds. The zero-order valence-corrected chi connectivity index (χ0v) is 24.2. The van der Waals surface area contributed by atoms with Gasteiger partial charge in [0.1, 0.15) is 5.78 Å². The lowest BCUT2D eigenvalue weighted by Gasteiger charge is -2.26. The van der Waals surface area contributed by atoms with Crippen LogP contribution in [0.2, 0.25) is 0 Å². The van der Waals surface area contributed by atoms with Crippen molar-refractivity contribution in [1.29, 1.82) is 0 Å². The maximum Gasteiger partial charge on any atom is 0.260 e. The molecule has 0 aliphatic carbocycles. The average molecular weight is 575 g/mol. The quantitative estimate of drug-likeness (QED) is 0.114. The molecule has 4 rings (SSSR count). The van der Waals surface area contributed by atoms with E-state index < -0.39 is 0 Å². The molecule has 0 fully saturated rings. The number of carbonyl (C=O) groups is 3. The van der Waals surface area contributed by atoms with E-state index in [9.17, 15) is 14.4 Å². The van der Waals surface area contributed by atoms with Gasteiger partial charge in [-0.15, -0.1) is 0 Å². The summed E-state index contributed by atoms with van der Waals surface area (Å²) in [4.78, 5) is 39.3. The summed E-state index contributed by atoms with van der Waals surface area (Å²) >= 11 is 3.79. The normalized spacial score (nSPS) is 12.6. The first-order chi connectivity index (χ1) is 19.0. The van der Waals surface area contributed by atoms with Crippen LogP contribution in [0.5, 0.6) is 0 Å². The van der Waals surface area contributed by atoms with Gasteiger partial charge in [0.15, 0.2) is 0 Å². The predicted octanol–water partition coefficient (Wildman–Crippen LogP) is 6.78.